The van der Waals surface area contributed by atoms with E-state index in [1.54, 1.807) is 11.6 Å². The minimum atomic E-state index is -0.799. The van der Waals surface area contributed by atoms with Crippen molar-refractivity contribution in [3.05, 3.63) is 87.8 Å². The number of nitrogens with zero attached hydrogens (tertiary/aromatic N) is 4. The molecule has 8 heteroatoms. The first-order valence-corrected chi connectivity index (χ1v) is 11.5. The Balaban J connectivity index is 1.75. The molecule has 0 spiro atoms. The third-order valence-electron chi connectivity index (χ3n) is 6.08. The molecule has 0 aliphatic carbocycles. The molecule has 1 aliphatic rings. The summed E-state index contributed by atoms with van der Waals surface area (Å²) in [6, 6.07) is 10.8. The van der Waals surface area contributed by atoms with Crippen molar-refractivity contribution in [2.45, 2.75) is 33.2 Å². The fourth-order valence-electron chi connectivity index (χ4n) is 4.29. The summed E-state index contributed by atoms with van der Waals surface area (Å²) in [4.78, 5) is 36.7. The van der Waals surface area contributed by atoms with Gasteiger partial charge in [-0.05, 0) is 43.0 Å². The standard InChI is InChI=1S/C25H22N4O3S/c1-4-16-7-9-17(10-8-16)20-18(22(31)24(32)29(20)25-26-11-13-33-25)21(30)19-15(3)28-12-5-6-14(2)23(28)27-19/h5-13,20,30H,4H2,1-3H3. The van der Waals surface area contributed by atoms with Crippen molar-refractivity contribution in [1.29, 1.82) is 0 Å². The number of fused-ring (bicyclic) bond motifs is 1. The van der Waals surface area contributed by atoms with Gasteiger partial charge in [0.05, 0.1) is 17.3 Å². The topological polar surface area (TPSA) is 87.8 Å². The summed E-state index contributed by atoms with van der Waals surface area (Å²) in [6.07, 6.45) is 4.31. The summed E-state index contributed by atoms with van der Waals surface area (Å²) in [5.74, 6) is -1.74. The van der Waals surface area contributed by atoms with Crippen LogP contribution < -0.4 is 4.90 Å². The molecule has 1 saturated heterocycles. The highest BCUT2D eigenvalue weighted by atomic mass is 32.1. The Morgan fingerprint density at radius 3 is 2.55 bits per heavy atom. The molecule has 1 amide bonds. The zero-order valence-corrected chi connectivity index (χ0v) is 19.3. The molecule has 5 rings (SSSR count). The molecule has 1 aromatic carbocycles. The summed E-state index contributed by atoms with van der Waals surface area (Å²) < 4.78 is 1.87. The summed E-state index contributed by atoms with van der Waals surface area (Å²) in [6.45, 7) is 5.82. The van der Waals surface area contributed by atoms with E-state index in [0.29, 0.717) is 16.5 Å². The molecule has 1 unspecified atom stereocenters. The highest BCUT2D eigenvalue weighted by Gasteiger charge is 2.48. The monoisotopic (exact) mass is 458 g/mol. The summed E-state index contributed by atoms with van der Waals surface area (Å²) in [5, 5.41) is 13.6. The fourth-order valence-corrected chi connectivity index (χ4v) is 4.96. The Bertz CT molecular complexity index is 1420. The van der Waals surface area contributed by atoms with E-state index < -0.39 is 17.7 Å². The van der Waals surface area contributed by atoms with E-state index in [-0.39, 0.29) is 17.0 Å². The highest BCUT2D eigenvalue weighted by molar-refractivity contribution is 7.14. The van der Waals surface area contributed by atoms with E-state index in [1.165, 1.54) is 16.2 Å². The van der Waals surface area contributed by atoms with Gasteiger partial charge in [0.15, 0.2) is 10.9 Å². The molecule has 4 aromatic rings. The number of benzene rings is 1. The molecular weight excluding hydrogens is 436 g/mol. The van der Waals surface area contributed by atoms with E-state index in [1.807, 2.05) is 60.8 Å². The zero-order chi connectivity index (χ0) is 23.3. The lowest BCUT2D eigenvalue weighted by atomic mass is 9.95. The van der Waals surface area contributed by atoms with Crippen LogP contribution in [0.2, 0.25) is 0 Å². The van der Waals surface area contributed by atoms with E-state index >= 15 is 0 Å². The first kappa shape index (κ1) is 21.1. The molecule has 4 heterocycles. The van der Waals surface area contributed by atoms with Crippen LogP contribution in [0, 0.1) is 13.8 Å². The molecule has 3 aromatic heterocycles. The van der Waals surface area contributed by atoms with Gasteiger partial charge >= 0.3 is 5.91 Å². The number of thiazole rings is 1. The van der Waals surface area contributed by atoms with Gasteiger partial charge in [-0.15, -0.1) is 11.3 Å². The number of aliphatic hydroxyl groups excluding tert-OH is 1. The predicted molar refractivity (Wildman–Crippen MR) is 127 cm³/mol. The molecular formula is C25H22N4O3S. The van der Waals surface area contributed by atoms with Crippen LogP contribution in [0.15, 0.2) is 59.7 Å². The molecule has 1 fully saturated rings. The number of aromatic nitrogens is 3. The van der Waals surface area contributed by atoms with Crippen molar-refractivity contribution in [1.82, 2.24) is 14.4 Å². The molecule has 0 bridgehead atoms. The molecule has 166 valence electrons. The molecule has 33 heavy (non-hydrogen) atoms. The van der Waals surface area contributed by atoms with Crippen molar-refractivity contribution in [3.8, 4) is 0 Å². The van der Waals surface area contributed by atoms with E-state index in [9.17, 15) is 14.7 Å². The van der Waals surface area contributed by atoms with Crippen LogP contribution in [0.5, 0.6) is 0 Å². The molecule has 7 nitrogen and oxygen atoms in total. The third-order valence-corrected chi connectivity index (χ3v) is 6.85. The number of hydrogen-bond donors (Lipinski definition) is 1. The van der Waals surface area contributed by atoms with Crippen LogP contribution in [0.4, 0.5) is 5.13 Å². The van der Waals surface area contributed by atoms with E-state index in [4.69, 9.17) is 0 Å². The van der Waals surface area contributed by atoms with Crippen LogP contribution >= 0.6 is 11.3 Å². The smallest absolute Gasteiger partial charge is 0.301 e. The minimum absolute atomic E-state index is 0.0172. The number of hydrogen-bond acceptors (Lipinski definition) is 6. The average Bonchev–Trinajstić information content (AvgIpc) is 3.53. The van der Waals surface area contributed by atoms with Crippen molar-refractivity contribution >= 4 is 39.6 Å². The first-order valence-electron chi connectivity index (χ1n) is 10.7. The van der Waals surface area contributed by atoms with Gasteiger partial charge in [-0.25, -0.2) is 9.97 Å². The number of Topliss-reactive ketones (excluding diaryl/α,β-unsaturated/α-hetero) is 1. The second kappa shape index (κ2) is 7.97. The van der Waals surface area contributed by atoms with Gasteiger partial charge in [0.1, 0.15) is 11.3 Å². The van der Waals surface area contributed by atoms with Crippen LogP contribution in [0.25, 0.3) is 11.4 Å². The van der Waals surface area contributed by atoms with Gasteiger partial charge in [0, 0.05) is 17.8 Å². The predicted octanol–water partition coefficient (Wildman–Crippen LogP) is 4.60. The Morgan fingerprint density at radius 1 is 1.15 bits per heavy atom. The van der Waals surface area contributed by atoms with Gasteiger partial charge in [-0.3, -0.25) is 14.5 Å². The van der Waals surface area contributed by atoms with Crippen molar-refractivity contribution in [3.63, 3.8) is 0 Å². The normalized spacial score (nSPS) is 17.9. The largest absolute Gasteiger partial charge is 0.505 e. The van der Waals surface area contributed by atoms with Crippen molar-refractivity contribution < 1.29 is 14.7 Å². The Kier molecular flexibility index (Phi) is 5.09. The second-order valence-corrected chi connectivity index (χ2v) is 8.88. The number of rotatable bonds is 4. The number of ketones is 1. The lowest BCUT2D eigenvalue weighted by Gasteiger charge is -2.23. The lowest BCUT2D eigenvalue weighted by molar-refractivity contribution is -0.132. The maximum atomic E-state index is 13.3. The Morgan fingerprint density at radius 2 is 1.91 bits per heavy atom. The van der Waals surface area contributed by atoms with Gasteiger partial charge in [-0.2, -0.15) is 0 Å². The summed E-state index contributed by atoms with van der Waals surface area (Å²) in [7, 11) is 0. The highest BCUT2D eigenvalue weighted by Crippen LogP contribution is 2.43. The lowest BCUT2D eigenvalue weighted by Crippen LogP contribution is -2.29. The van der Waals surface area contributed by atoms with Crippen LogP contribution in [-0.2, 0) is 16.0 Å². The number of aliphatic hydroxyl groups is 1. The van der Waals surface area contributed by atoms with Crippen LogP contribution in [-0.4, -0.2) is 31.2 Å². The molecule has 1 aliphatic heterocycles. The fraction of sp³-hybridized carbons (Fsp3) is 0.200. The molecule has 1 N–H and O–H groups in total. The number of anilines is 1. The summed E-state index contributed by atoms with van der Waals surface area (Å²) >= 11 is 1.27. The number of carbonyl (C=O) groups excluding carboxylic acids is 2. The Hall–Kier alpha value is -3.78. The number of imidazole rings is 1. The average molecular weight is 459 g/mol. The maximum Gasteiger partial charge on any atom is 0.301 e. The zero-order valence-electron chi connectivity index (χ0n) is 18.4. The Labute approximate surface area is 194 Å². The van der Waals surface area contributed by atoms with Crippen LogP contribution in [0.3, 0.4) is 0 Å². The van der Waals surface area contributed by atoms with Crippen molar-refractivity contribution in [2.24, 2.45) is 0 Å². The number of amides is 1. The molecule has 1 atom stereocenters. The summed E-state index contributed by atoms with van der Waals surface area (Å²) in [5.41, 5.74) is 4.48. The number of pyridine rings is 1. The second-order valence-electron chi connectivity index (χ2n) is 8.01. The first-order chi connectivity index (χ1) is 15.9. The SMILES string of the molecule is CCc1ccc(C2C(=C(O)c3nc4c(C)cccn4c3C)C(=O)C(=O)N2c2nccs2)cc1. The van der Waals surface area contributed by atoms with Gasteiger partial charge < -0.3 is 9.51 Å². The third kappa shape index (κ3) is 3.25. The maximum absolute atomic E-state index is 13.3. The minimum Gasteiger partial charge on any atom is -0.505 e. The molecule has 0 radical (unpaired) electrons. The number of aryl methyl sites for hydroxylation is 3. The number of carbonyl (C=O) groups is 2. The van der Waals surface area contributed by atoms with Gasteiger partial charge in [0.2, 0.25) is 0 Å². The van der Waals surface area contributed by atoms with Crippen LogP contribution in [0.1, 0.15) is 41.0 Å². The van der Waals surface area contributed by atoms with Gasteiger partial charge in [-0.1, -0.05) is 37.3 Å². The van der Waals surface area contributed by atoms with Gasteiger partial charge in [0.25, 0.3) is 5.78 Å². The quantitative estimate of drug-likeness (QED) is 0.274. The van der Waals surface area contributed by atoms with Crippen molar-refractivity contribution in [2.75, 3.05) is 4.90 Å². The van der Waals surface area contributed by atoms with E-state index in [0.717, 1.165) is 23.1 Å². The van der Waals surface area contributed by atoms with E-state index in [2.05, 4.69) is 16.9 Å². The molecule has 0 saturated carbocycles.